The molecule has 4 nitrogen and oxygen atoms in total. The van der Waals surface area contributed by atoms with Crippen LogP contribution in [-0.4, -0.2) is 15.0 Å². The molecule has 0 radical (unpaired) electrons. The van der Waals surface area contributed by atoms with Crippen molar-refractivity contribution in [3.8, 4) is 11.1 Å². The van der Waals surface area contributed by atoms with Gasteiger partial charge in [0.1, 0.15) is 11.6 Å². The molecule has 24 heavy (non-hydrogen) atoms. The molecule has 0 saturated heterocycles. The van der Waals surface area contributed by atoms with Crippen LogP contribution in [0.4, 0.5) is 4.39 Å². The monoisotopic (exact) mass is 320 g/mol. The zero-order valence-corrected chi connectivity index (χ0v) is 13.3. The van der Waals surface area contributed by atoms with Gasteiger partial charge in [-0.15, -0.1) is 0 Å². The fourth-order valence-electron chi connectivity index (χ4n) is 2.89. The summed E-state index contributed by atoms with van der Waals surface area (Å²) in [5.74, 6) is 0.626. The number of imidazole rings is 1. The number of nitrogens with one attached hydrogen (secondary N) is 3. The predicted octanol–water partition coefficient (Wildman–Crippen LogP) is 4.47. The SMILES string of the molecule is C=C(C)NCc1nc2ccc(-c3c[nH]c4cc(F)ccc34)cc2[nH]1. The number of benzene rings is 2. The predicted molar refractivity (Wildman–Crippen MR) is 95.0 cm³/mol. The number of allylic oxidation sites excluding steroid dienone is 1. The minimum atomic E-state index is -0.241. The Morgan fingerprint density at radius 2 is 2.08 bits per heavy atom. The molecule has 0 bridgehead atoms. The van der Waals surface area contributed by atoms with E-state index < -0.39 is 0 Å². The molecular weight excluding hydrogens is 303 g/mol. The molecule has 2 heterocycles. The lowest BCUT2D eigenvalue weighted by Crippen LogP contribution is -2.10. The van der Waals surface area contributed by atoms with Crippen LogP contribution in [0.3, 0.4) is 0 Å². The van der Waals surface area contributed by atoms with E-state index in [0.717, 1.165) is 44.6 Å². The highest BCUT2D eigenvalue weighted by molar-refractivity contribution is 5.97. The van der Waals surface area contributed by atoms with Gasteiger partial charge in [0.15, 0.2) is 0 Å². The van der Waals surface area contributed by atoms with Gasteiger partial charge < -0.3 is 15.3 Å². The van der Waals surface area contributed by atoms with Gasteiger partial charge in [-0.1, -0.05) is 12.6 Å². The van der Waals surface area contributed by atoms with Crippen LogP contribution in [0.1, 0.15) is 12.7 Å². The Bertz CT molecular complexity index is 1060. The van der Waals surface area contributed by atoms with Crippen molar-refractivity contribution in [2.45, 2.75) is 13.5 Å². The molecule has 0 amide bonds. The summed E-state index contributed by atoms with van der Waals surface area (Å²) in [7, 11) is 0. The third-order valence-corrected chi connectivity index (χ3v) is 4.04. The molecular formula is C19H17FN4. The molecule has 120 valence electrons. The summed E-state index contributed by atoms with van der Waals surface area (Å²) in [5, 5.41) is 4.17. The van der Waals surface area contributed by atoms with E-state index in [0.29, 0.717) is 6.54 Å². The molecule has 5 heteroatoms. The number of H-pyrrole nitrogens is 2. The molecule has 0 aliphatic heterocycles. The van der Waals surface area contributed by atoms with Crippen LogP contribution in [0.15, 0.2) is 54.9 Å². The smallest absolute Gasteiger partial charge is 0.126 e. The van der Waals surface area contributed by atoms with Crippen LogP contribution in [0.2, 0.25) is 0 Å². The first kappa shape index (κ1) is 14.5. The zero-order chi connectivity index (χ0) is 16.7. The van der Waals surface area contributed by atoms with Crippen LogP contribution in [0.25, 0.3) is 33.1 Å². The van der Waals surface area contributed by atoms with Crippen molar-refractivity contribution in [3.63, 3.8) is 0 Å². The van der Waals surface area contributed by atoms with Crippen LogP contribution in [0, 0.1) is 5.82 Å². The van der Waals surface area contributed by atoms with Gasteiger partial charge in [-0.05, 0) is 42.8 Å². The minimum Gasteiger partial charge on any atom is -0.382 e. The summed E-state index contributed by atoms with van der Waals surface area (Å²) < 4.78 is 13.3. The first-order valence-corrected chi connectivity index (χ1v) is 7.75. The van der Waals surface area contributed by atoms with Gasteiger partial charge in [0.05, 0.1) is 17.6 Å². The topological polar surface area (TPSA) is 56.5 Å². The number of fused-ring (bicyclic) bond motifs is 2. The molecule has 0 aliphatic rings. The van der Waals surface area contributed by atoms with Gasteiger partial charge in [0.2, 0.25) is 0 Å². The number of aromatic amines is 2. The lowest BCUT2D eigenvalue weighted by atomic mass is 10.0. The fraction of sp³-hybridized carbons (Fsp3) is 0.105. The normalized spacial score (nSPS) is 11.2. The maximum Gasteiger partial charge on any atom is 0.126 e. The number of hydrogen-bond acceptors (Lipinski definition) is 2. The van der Waals surface area contributed by atoms with E-state index in [4.69, 9.17) is 0 Å². The minimum absolute atomic E-state index is 0.241. The van der Waals surface area contributed by atoms with Crippen molar-refractivity contribution in [2.75, 3.05) is 0 Å². The van der Waals surface area contributed by atoms with Gasteiger partial charge in [-0.3, -0.25) is 0 Å². The summed E-state index contributed by atoms with van der Waals surface area (Å²) in [6, 6.07) is 10.9. The molecule has 3 N–H and O–H groups in total. The van der Waals surface area contributed by atoms with Gasteiger partial charge >= 0.3 is 0 Å². The lowest BCUT2D eigenvalue weighted by Gasteiger charge is -2.00. The van der Waals surface area contributed by atoms with Crippen molar-refractivity contribution in [3.05, 3.63) is 66.5 Å². The van der Waals surface area contributed by atoms with Gasteiger partial charge in [0.25, 0.3) is 0 Å². The third kappa shape index (κ3) is 2.54. The van der Waals surface area contributed by atoms with E-state index in [2.05, 4.69) is 32.9 Å². The van der Waals surface area contributed by atoms with E-state index in [1.165, 1.54) is 12.1 Å². The molecule has 0 atom stereocenters. The molecule has 0 fully saturated rings. The summed E-state index contributed by atoms with van der Waals surface area (Å²) in [5.41, 5.74) is 5.69. The Morgan fingerprint density at radius 1 is 1.21 bits per heavy atom. The summed E-state index contributed by atoms with van der Waals surface area (Å²) in [6.07, 6.45) is 1.91. The molecule has 4 aromatic rings. The van der Waals surface area contributed by atoms with Crippen molar-refractivity contribution >= 4 is 21.9 Å². The number of halogens is 1. The third-order valence-electron chi connectivity index (χ3n) is 4.04. The van der Waals surface area contributed by atoms with Gasteiger partial charge in [-0.2, -0.15) is 0 Å². The highest BCUT2D eigenvalue weighted by Gasteiger charge is 2.09. The molecule has 0 spiro atoms. The maximum absolute atomic E-state index is 13.3. The Hall–Kier alpha value is -3.08. The maximum atomic E-state index is 13.3. The quantitative estimate of drug-likeness (QED) is 0.519. The highest BCUT2D eigenvalue weighted by atomic mass is 19.1. The van der Waals surface area contributed by atoms with Crippen LogP contribution >= 0.6 is 0 Å². The van der Waals surface area contributed by atoms with Gasteiger partial charge in [-0.25, -0.2) is 9.37 Å². The molecule has 0 unspecified atom stereocenters. The van der Waals surface area contributed by atoms with E-state index >= 15 is 0 Å². The Kier molecular flexibility index (Phi) is 3.34. The van der Waals surface area contributed by atoms with E-state index in [1.54, 1.807) is 6.07 Å². The van der Waals surface area contributed by atoms with Crippen LogP contribution in [0.5, 0.6) is 0 Å². The number of aromatic nitrogens is 3. The summed E-state index contributed by atoms with van der Waals surface area (Å²) in [4.78, 5) is 11.0. The summed E-state index contributed by atoms with van der Waals surface area (Å²) >= 11 is 0. The zero-order valence-electron chi connectivity index (χ0n) is 13.3. The van der Waals surface area contributed by atoms with Crippen molar-refractivity contribution in [1.29, 1.82) is 0 Å². The molecule has 4 rings (SSSR count). The largest absolute Gasteiger partial charge is 0.382 e. The molecule has 2 aromatic heterocycles. The number of rotatable bonds is 4. The Morgan fingerprint density at radius 3 is 2.92 bits per heavy atom. The average molecular weight is 320 g/mol. The van der Waals surface area contributed by atoms with Crippen molar-refractivity contribution in [1.82, 2.24) is 20.3 Å². The Labute approximate surface area is 138 Å². The second-order valence-corrected chi connectivity index (χ2v) is 5.94. The van der Waals surface area contributed by atoms with Crippen molar-refractivity contribution in [2.24, 2.45) is 0 Å². The highest BCUT2D eigenvalue weighted by Crippen LogP contribution is 2.30. The number of nitrogens with zero attached hydrogens (tertiary/aromatic N) is 1. The summed E-state index contributed by atoms with van der Waals surface area (Å²) in [6.45, 7) is 6.36. The molecule has 0 saturated carbocycles. The molecule has 0 aliphatic carbocycles. The second-order valence-electron chi connectivity index (χ2n) is 5.94. The second kappa shape index (κ2) is 5.53. The Balaban J connectivity index is 1.74. The average Bonchev–Trinajstić information content (AvgIpc) is 3.14. The fourth-order valence-corrected chi connectivity index (χ4v) is 2.89. The van der Waals surface area contributed by atoms with Crippen LogP contribution < -0.4 is 5.32 Å². The molecule has 2 aromatic carbocycles. The first-order chi connectivity index (χ1) is 11.6. The van der Waals surface area contributed by atoms with E-state index in [9.17, 15) is 4.39 Å². The van der Waals surface area contributed by atoms with Gasteiger partial charge in [0, 0.05) is 28.4 Å². The lowest BCUT2D eigenvalue weighted by molar-refractivity contribution is 0.629. The first-order valence-electron chi connectivity index (χ1n) is 7.75. The number of hydrogen-bond donors (Lipinski definition) is 3. The van der Waals surface area contributed by atoms with Crippen LogP contribution in [-0.2, 0) is 6.54 Å². The van der Waals surface area contributed by atoms with E-state index in [1.807, 2.05) is 25.3 Å². The van der Waals surface area contributed by atoms with Crippen molar-refractivity contribution < 1.29 is 4.39 Å². The standard InChI is InChI=1S/C19H17FN4/c1-11(2)21-10-19-23-16-6-3-12(7-18(16)24-19)15-9-22-17-8-13(20)4-5-14(15)17/h3-9,21-22H,1,10H2,2H3,(H,23,24). The van der Waals surface area contributed by atoms with E-state index in [-0.39, 0.29) is 5.82 Å².